The number of methoxy groups -OCH3 is 2. The van der Waals surface area contributed by atoms with Crippen LogP contribution in [0.5, 0.6) is 11.5 Å². The number of rotatable bonds is 7. The standard InChI is InChI=1S/C13H21NO2.ClH/c1-4-5-9-14-10-11-7-6-8-12(15-2)13(11)16-3;/h6-8,14H,4-5,9-10H2,1-3H3;1H. The van der Waals surface area contributed by atoms with Crippen LogP contribution in [0.2, 0.25) is 0 Å². The van der Waals surface area contributed by atoms with Crippen molar-refractivity contribution in [3.63, 3.8) is 0 Å². The van der Waals surface area contributed by atoms with Gasteiger partial charge in [-0.1, -0.05) is 25.5 Å². The first-order valence-corrected chi connectivity index (χ1v) is 5.74. The normalized spacial score (nSPS) is 9.59. The molecule has 0 radical (unpaired) electrons. The largest absolute Gasteiger partial charge is 0.493 e. The molecule has 17 heavy (non-hydrogen) atoms. The Morgan fingerprint density at radius 2 is 1.94 bits per heavy atom. The second-order valence-electron chi connectivity index (χ2n) is 3.68. The van der Waals surface area contributed by atoms with Crippen molar-refractivity contribution in [3.05, 3.63) is 23.8 Å². The number of para-hydroxylation sites is 1. The summed E-state index contributed by atoms with van der Waals surface area (Å²) in [7, 11) is 3.33. The Labute approximate surface area is 110 Å². The molecule has 0 aromatic heterocycles. The van der Waals surface area contributed by atoms with E-state index >= 15 is 0 Å². The summed E-state index contributed by atoms with van der Waals surface area (Å²) in [5.41, 5.74) is 1.14. The average molecular weight is 260 g/mol. The zero-order valence-corrected chi connectivity index (χ0v) is 11.6. The molecule has 1 aromatic rings. The van der Waals surface area contributed by atoms with Gasteiger partial charge >= 0.3 is 0 Å². The number of hydrogen-bond acceptors (Lipinski definition) is 3. The Balaban J connectivity index is 0.00000256. The summed E-state index contributed by atoms with van der Waals surface area (Å²) >= 11 is 0. The predicted octanol–water partition coefficient (Wildman–Crippen LogP) is 3.02. The molecule has 0 atom stereocenters. The third-order valence-corrected chi connectivity index (χ3v) is 2.51. The molecule has 0 unspecified atom stereocenters. The van der Waals surface area contributed by atoms with E-state index in [9.17, 15) is 0 Å². The van der Waals surface area contributed by atoms with Crippen molar-refractivity contribution in [1.29, 1.82) is 0 Å². The van der Waals surface area contributed by atoms with Crippen molar-refractivity contribution in [1.82, 2.24) is 5.32 Å². The summed E-state index contributed by atoms with van der Waals surface area (Å²) in [4.78, 5) is 0. The van der Waals surface area contributed by atoms with Gasteiger partial charge in [0.1, 0.15) is 0 Å². The van der Waals surface area contributed by atoms with Crippen LogP contribution in [-0.4, -0.2) is 20.8 Å². The summed E-state index contributed by atoms with van der Waals surface area (Å²) in [6.45, 7) is 4.05. The van der Waals surface area contributed by atoms with E-state index in [-0.39, 0.29) is 12.4 Å². The van der Waals surface area contributed by atoms with Crippen LogP contribution in [0.3, 0.4) is 0 Å². The Kier molecular flexibility index (Phi) is 8.64. The summed E-state index contributed by atoms with van der Waals surface area (Å²) in [5, 5.41) is 3.39. The Morgan fingerprint density at radius 3 is 2.53 bits per heavy atom. The van der Waals surface area contributed by atoms with Crippen LogP contribution in [0.15, 0.2) is 18.2 Å². The van der Waals surface area contributed by atoms with Gasteiger partial charge in [0.2, 0.25) is 0 Å². The fraction of sp³-hybridized carbons (Fsp3) is 0.538. The first kappa shape index (κ1) is 16.1. The highest BCUT2D eigenvalue weighted by atomic mass is 35.5. The van der Waals surface area contributed by atoms with Crippen LogP contribution in [0, 0.1) is 0 Å². The Bertz CT molecular complexity index is 318. The third-order valence-electron chi connectivity index (χ3n) is 2.51. The fourth-order valence-corrected chi connectivity index (χ4v) is 1.62. The zero-order chi connectivity index (χ0) is 11.8. The molecule has 0 aliphatic heterocycles. The van der Waals surface area contributed by atoms with Gasteiger partial charge in [0, 0.05) is 12.1 Å². The molecule has 0 saturated carbocycles. The second kappa shape index (κ2) is 9.14. The molecule has 0 aliphatic carbocycles. The van der Waals surface area contributed by atoms with Gasteiger partial charge in [-0.2, -0.15) is 0 Å². The van der Waals surface area contributed by atoms with E-state index in [1.807, 2.05) is 12.1 Å². The van der Waals surface area contributed by atoms with E-state index in [4.69, 9.17) is 9.47 Å². The maximum atomic E-state index is 5.36. The van der Waals surface area contributed by atoms with E-state index in [1.54, 1.807) is 14.2 Å². The molecule has 0 spiro atoms. The first-order valence-electron chi connectivity index (χ1n) is 5.74. The van der Waals surface area contributed by atoms with Gasteiger partial charge in [-0.3, -0.25) is 0 Å². The maximum Gasteiger partial charge on any atom is 0.165 e. The van der Waals surface area contributed by atoms with Crippen molar-refractivity contribution in [2.24, 2.45) is 0 Å². The monoisotopic (exact) mass is 259 g/mol. The van der Waals surface area contributed by atoms with Gasteiger partial charge < -0.3 is 14.8 Å². The SMILES string of the molecule is CCCCNCc1cccc(OC)c1OC.Cl. The quantitative estimate of drug-likeness (QED) is 0.764. The molecule has 4 heteroatoms. The molecule has 0 heterocycles. The molecule has 0 aliphatic rings. The van der Waals surface area contributed by atoms with E-state index in [1.165, 1.54) is 12.8 Å². The molecule has 0 amide bonds. The van der Waals surface area contributed by atoms with Crippen molar-refractivity contribution in [2.75, 3.05) is 20.8 Å². The average Bonchev–Trinajstić information content (AvgIpc) is 2.34. The Morgan fingerprint density at radius 1 is 1.18 bits per heavy atom. The van der Waals surface area contributed by atoms with Crippen LogP contribution in [-0.2, 0) is 6.54 Å². The fourth-order valence-electron chi connectivity index (χ4n) is 1.62. The van der Waals surface area contributed by atoms with Gasteiger partial charge in [-0.25, -0.2) is 0 Å². The second-order valence-corrected chi connectivity index (χ2v) is 3.68. The summed E-state index contributed by atoms with van der Waals surface area (Å²) < 4.78 is 10.6. The van der Waals surface area contributed by atoms with Gasteiger partial charge in [0.15, 0.2) is 11.5 Å². The van der Waals surface area contributed by atoms with Crippen LogP contribution in [0.4, 0.5) is 0 Å². The molecule has 0 saturated heterocycles. The van der Waals surface area contributed by atoms with Crippen LogP contribution < -0.4 is 14.8 Å². The number of halogens is 1. The highest BCUT2D eigenvalue weighted by molar-refractivity contribution is 5.85. The van der Waals surface area contributed by atoms with E-state index in [2.05, 4.69) is 18.3 Å². The maximum absolute atomic E-state index is 5.36. The number of ether oxygens (including phenoxy) is 2. The summed E-state index contributed by atoms with van der Waals surface area (Å²) in [6, 6.07) is 5.95. The van der Waals surface area contributed by atoms with Crippen LogP contribution >= 0.6 is 12.4 Å². The minimum atomic E-state index is 0. The highest BCUT2D eigenvalue weighted by Crippen LogP contribution is 2.30. The lowest BCUT2D eigenvalue weighted by Gasteiger charge is -2.12. The molecule has 98 valence electrons. The van der Waals surface area contributed by atoms with Crippen molar-refractivity contribution < 1.29 is 9.47 Å². The minimum absolute atomic E-state index is 0. The Hall–Kier alpha value is -0.930. The predicted molar refractivity (Wildman–Crippen MR) is 73.4 cm³/mol. The lowest BCUT2D eigenvalue weighted by atomic mass is 10.2. The van der Waals surface area contributed by atoms with Crippen molar-refractivity contribution >= 4 is 12.4 Å². The summed E-state index contributed by atoms with van der Waals surface area (Å²) in [6.07, 6.45) is 2.41. The third kappa shape index (κ3) is 4.84. The molecule has 3 nitrogen and oxygen atoms in total. The molecular weight excluding hydrogens is 238 g/mol. The molecule has 1 N–H and O–H groups in total. The molecule has 0 fully saturated rings. The molecule has 0 bridgehead atoms. The molecular formula is C13H22ClNO2. The van der Waals surface area contributed by atoms with E-state index in [0.29, 0.717) is 0 Å². The van der Waals surface area contributed by atoms with E-state index < -0.39 is 0 Å². The number of unbranched alkanes of at least 4 members (excludes halogenated alkanes) is 1. The minimum Gasteiger partial charge on any atom is -0.493 e. The topological polar surface area (TPSA) is 30.5 Å². The molecule has 1 aromatic carbocycles. The van der Waals surface area contributed by atoms with Gasteiger partial charge in [0.25, 0.3) is 0 Å². The van der Waals surface area contributed by atoms with Gasteiger partial charge in [-0.15, -0.1) is 12.4 Å². The number of nitrogens with one attached hydrogen (secondary N) is 1. The van der Waals surface area contributed by atoms with E-state index in [0.717, 1.165) is 30.2 Å². The number of benzene rings is 1. The highest BCUT2D eigenvalue weighted by Gasteiger charge is 2.08. The van der Waals surface area contributed by atoms with Crippen LogP contribution in [0.1, 0.15) is 25.3 Å². The first-order chi connectivity index (χ1) is 7.83. The van der Waals surface area contributed by atoms with Crippen molar-refractivity contribution in [3.8, 4) is 11.5 Å². The van der Waals surface area contributed by atoms with Gasteiger partial charge in [-0.05, 0) is 19.0 Å². The van der Waals surface area contributed by atoms with Crippen LogP contribution in [0.25, 0.3) is 0 Å². The smallest absolute Gasteiger partial charge is 0.165 e. The molecule has 1 rings (SSSR count). The zero-order valence-electron chi connectivity index (χ0n) is 10.8. The number of hydrogen-bond donors (Lipinski definition) is 1. The van der Waals surface area contributed by atoms with Crippen molar-refractivity contribution in [2.45, 2.75) is 26.3 Å². The summed E-state index contributed by atoms with van der Waals surface area (Å²) in [5.74, 6) is 1.62. The lowest BCUT2D eigenvalue weighted by Crippen LogP contribution is -2.15. The lowest BCUT2D eigenvalue weighted by molar-refractivity contribution is 0.350. The van der Waals surface area contributed by atoms with Gasteiger partial charge in [0.05, 0.1) is 14.2 Å².